The molecular weight excluding hydrogens is 272 g/mol. The molecule has 5 heteroatoms. The molecule has 2 unspecified atom stereocenters. The van der Waals surface area contributed by atoms with Gasteiger partial charge in [0.2, 0.25) is 5.91 Å². The number of para-hydroxylation sites is 1. The molecule has 110 valence electrons. The lowest BCUT2D eigenvalue weighted by molar-refractivity contribution is -0.128. The van der Waals surface area contributed by atoms with E-state index in [1.165, 1.54) is 0 Å². The number of carbonyl (C=O) groups is 1. The van der Waals surface area contributed by atoms with Crippen LogP contribution in [0.2, 0.25) is 0 Å². The molecule has 2 atom stereocenters. The summed E-state index contributed by atoms with van der Waals surface area (Å²) < 4.78 is 5.41. The number of thioether (sulfide) groups is 1. The first-order valence-electron chi connectivity index (χ1n) is 6.86. The van der Waals surface area contributed by atoms with Crippen LogP contribution in [0.25, 0.3) is 0 Å². The molecule has 1 heterocycles. The van der Waals surface area contributed by atoms with Gasteiger partial charge in [0.15, 0.2) is 0 Å². The predicted molar refractivity (Wildman–Crippen MR) is 83.0 cm³/mol. The van der Waals surface area contributed by atoms with Crippen LogP contribution in [-0.4, -0.2) is 42.5 Å². The number of hydrogen-bond donors (Lipinski definition) is 1. The minimum atomic E-state index is -0.0762. The summed E-state index contributed by atoms with van der Waals surface area (Å²) in [6.45, 7) is 3.36. The summed E-state index contributed by atoms with van der Waals surface area (Å²) in [5, 5.41) is 3.84. The third-order valence-electron chi connectivity index (χ3n) is 3.69. The minimum Gasteiger partial charge on any atom is -0.496 e. The van der Waals surface area contributed by atoms with Gasteiger partial charge in [0.1, 0.15) is 11.9 Å². The topological polar surface area (TPSA) is 41.6 Å². The molecule has 0 aromatic heterocycles. The first kappa shape index (κ1) is 15.2. The van der Waals surface area contributed by atoms with Gasteiger partial charge >= 0.3 is 0 Å². The molecule has 1 aliphatic rings. The Hall–Kier alpha value is -1.20. The van der Waals surface area contributed by atoms with Gasteiger partial charge in [0.05, 0.1) is 13.7 Å². The van der Waals surface area contributed by atoms with Gasteiger partial charge in [0.25, 0.3) is 0 Å². The van der Waals surface area contributed by atoms with E-state index in [9.17, 15) is 4.79 Å². The SMILES string of the molecule is COc1ccccc1C1NCC(=O)N1CCC(C)SC. The summed E-state index contributed by atoms with van der Waals surface area (Å²) in [4.78, 5) is 14.0. The third kappa shape index (κ3) is 3.27. The molecule has 4 nitrogen and oxygen atoms in total. The van der Waals surface area contributed by atoms with E-state index < -0.39 is 0 Å². The van der Waals surface area contributed by atoms with E-state index in [0.717, 1.165) is 24.3 Å². The average molecular weight is 294 g/mol. The molecule has 1 aromatic carbocycles. The summed E-state index contributed by atoms with van der Waals surface area (Å²) in [6.07, 6.45) is 3.03. The molecule has 2 rings (SSSR count). The van der Waals surface area contributed by atoms with Crippen molar-refractivity contribution in [3.8, 4) is 5.75 Å². The molecule has 1 saturated heterocycles. The fourth-order valence-corrected chi connectivity index (χ4v) is 2.74. The summed E-state index contributed by atoms with van der Waals surface area (Å²) >= 11 is 1.83. The molecule has 0 radical (unpaired) electrons. The zero-order valence-electron chi connectivity index (χ0n) is 12.3. The van der Waals surface area contributed by atoms with Crippen molar-refractivity contribution < 1.29 is 9.53 Å². The van der Waals surface area contributed by atoms with E-state index in [4.69, 9.17) is 4.74 Å². The largest absolute Gasteiger partial charge is 0.496 e. The number of carbonyl (C=O) groups excluding carboxylic acids is 1. The number of benzene rings is 1. The van der Waals surface area contributed by atoms with Crippen LogP contribution >= 0.6 is 11.8 Å². The second-order valence-electron chi connectivity index (χ2n) is 4.95. The van der Waals surface area contributed by atoms with Crippen molar-refractivity contribution in [2.45, 2.75) is 24.8 Å². The number of ether oxygens (including phenoxy) is 1. The second kappa shape index (κ2) is 6.99. The summed E-state index contributed by atoms with van der Waals surface area (Å²) in [6, 6.07) is 7.87. The summed E-state index contributed by atoms with van der Waals surface area (Å²) in [5.41, 5.74) is 1.03. The Bertz CT molecular complexity index is 467. The molecule has 0 bridgehead atoms. The van der Waals surface area contributed by atoms with Crippen LogP contribution in [0, 0.1) is 0 Å². The van der Waals surface area contributed by atoms with Crippen LogP contribution in [0.3, 0.4) is 0 Å². The lowest BCUT2D eigenvalue weighted by atomic mass is 10.1. The van der Waals surface area contributed by atoms with Crippen molar-refractivity contribution in [1.29, 1.82) is 0 Å². The monoisotopic (exact) mass is 294 g/mol. The molecule has 0 spiro atoms. The Labute approximate surface area is 124 Å². The van der Waals surface area contributed by atoms with E-state index in [1.54, 1.807) is 7.11 Å². The van der Waals surface area contributed by atoms with Crippen LogP contribution in [0.15, 0.2) is 24.3 Å². The highest BCUT2D eigenvalue weighted by Crippen LogP contribution is 2.30. The second-order valence-corrected chi connectivity index (χ2v) is 6.22. The van der Waals surface area contributed by atoms with Gasteiger partial charge in [-0.3, -0.25) is 10.1 Å². The summed E-state index contributed by atoms with van der Waals surface area (Å²) in [5.74, 6) is 0.983. The van der Waals surface area contributed by atoms with Crippen molar-refractivity contribution in [3.63, 3.8) is 0 Å². The number of rotatable bonds is 6. The van der Waals surface area contributed by atoms with Crippen molar-refractivity contribution >= 4 is 17.7 Å². The number of methoxy groups -OCH3 is 1. The van der Waals surface area contributed by atoms with Crippen LogP contribution in [0.1, 0.15) is 25.1 Å². The van der Waals surface area contributed by atoms with E-state index in [1.807, 2.05) is 40.9 Å². The summed E-state index contributed by atoms with van der Waals surface area (Å²) in [7, 11) is 1.66. The zero-order valence-corrected chi connectivity index (χ0v) is 13.1. The molecule has 0 aliphatic carbocycles. The van der Waals surface area contributed by atoms with Gasteiger partial charge in [-0.05, 0) is 18.7 Å². The van der Waals surface area contributed by atoms with Crippen LogP contribution in [0.4, 0.5) is 0 Å². The van der Waals surface area contributed by atoms with Gasteiger partial charge in [-0.25, -0.2) is 0 Å². The van der Waals surface area contributed by atoms with Crippen molar-refractivity contribution in [2.75, 3.05) is 26.5 Å². The first-order valence-corrected chi connectivity index (χ1v) is 8.14. The third-order valence-corrected chi connectivity index (χ3v) is 4.73. The van der Waals surface area contributed by atoms with Crippen LogP contribution < -0.4 is 10.1 Å². The first-order chi connectivity index (χ1) is 9.67. The lowest BCUT2D eigenvalue weighted by Crippen LogP contribution is -2.32. The molecule has 20 heavy (non-hydrogen) atoms. The van der Waals surface area contributed by atoms with Crippen LogP contribution in [-0.2, 0) is 4.79 Å². The van der Waals surface area contributed by atoms with Crippen molar-refractivity contribution in [1.82, 2.24) is 10.2 Å². The highest BCUT2D eigenvalue weighted by atomic mass is 32.2. The fourth-order valence-electron chi connectivity index (χ4n) is 2.40. The van der Waals surface area contributed by atoms with Crippen molar-refractivity contribution in [2.24, 2.45) is 0 Å². The quantitative estimate of drug-likeness (QED) is 0.874. The number of nitrogens with zero attached hydrogens (tertiary/aromatic N) is 1. The Kier molecular flexibility index (Phi) is 5.31. The molecule has 1 N–H and O–H groups in total. The van der Waals surface area contributed by atoms with E-state index in [2.05, 4.69) is 18.5 Å². The Morgan fingerprint density at radius 3 is 2.95 bits per heavy atom. The average Bonchev–Trinajstić information content (AvgIpc) is 2.85. The minimum absolute atomic E-state index is 0.0762. The molecule has 1 fully saturated rings. The Balaban J connectivity index is 2.15. The van der Waals surface area contributed by atoms with Gasteiger partial charge in [-0.1, -0.05) is 25.1 Å². The highest BCUT2D eigenvalue weighted by molar-refractivity contribution is 7.99. The number of hydrogen-bond acceptors (Lipinski definition) is 4. The van der Waals surface area contributed by atoms with Gasteiger partial charge in [-0.15, -0.1) is 0 Å². The maximum Gasteiger partial charge on any atom is 0.238 e. The smallest absolute Gasteiger partial charge is 0.238 e. The molecular formula is C15H22N2O2S. The van der Waals surface area contributed by atoms with Gasteiger partial charge in [-0.2, -0.15) is 11.8 Å². The maximum absolute atomic E-state index is 12.1. The van der Waals surface area contributed by atoms with E-state index in [-0.39, 0.29) is 12.1 Å². The normalized spacial score (nSPS) is 20.2. The van der Waals surface area contributed by atoms with Crippen LogP contribution in [0.5, 0.6) is 5.75 Å². The Morgan fingerprint density at radius 1 is 1.50 bits per heavy atom. The van der Waals surface area contributed by atoms with E-state index in [0.29, 0.717) is 11.8 Å². The molecule has 0 saturated carbocycles. The van der Waals surface area contributed by atoms with Gasteiger partial charge in [0, 0.05) is 17.4 Å². The fraction of sp³-hybridized carbons (Fsp3) is 0.533. The predicted octanol–water partition coefficient (Wildman–Crippen LogP) is 2.27. The van der Waals surface area contributed by atoms with E-state index >= 15 is 0 Å². The maximum atomic E-state index is 12.1. The highest BCUT2D eigenvalue weighted by Gasteiger charge is 2.32. The molecule has 1 amide bonds. The molecule has 1 aromatic rings. The molecule has 1 aliphatic heterocycles. The van der Waals surface area contributed by atoms with Gasteiger partial charge < -0.3 is 9.64 Å². The lowest BCUT2D eigenvalue weighted by Gasteiger charge is -2.26. The van der Waals surface area contributed by atoms with Crippen molar-refractivity contribution in [3.05, 3.63) is 29.8 Å². The standard InChI is InChI=1S/C15H22N2O2S/c1-11(20-3)8-9-17-14(18)10-16-15(17)12-6-4-5-7-13(12)19-2/h4-7,11,15-16H,8-10H2,1-3H3. The number of amides is 1. The Morgan fingerprint density at radius 2 is 2.25 bits per heavy atom. The zero-order chi connectivity index (χ0) is 14.5. The number of nitrogens with one attached hydrogen (secondary N) is 1.